The van der Waals surface area contributed by atoms with E-state index in [0.29, 0.717) is 17.2 Å². The lowest BCUT2D eigenvalue weighted by molar-refractivity contribution is 0.102. The van der Waals surface area contributed by atoms with Crippen molar-refractivity contribution in [3.05, 3.63) is 47.9 Å². The first-order valence-electron chi connectivity index (χ1n) is 9.49. The molecule has 0 saturated carbocycles. The zero-order valence-electron chi connectivity index (χ0n) is 16.4. The quantitative estimate of drug-likeness (QED) is 0.753. The average Bonchev–Trinajstić information content (AvgIpc) is 3.22. The molecule has 3 aromatic rings. The van der Waals surface area contributed by atoms with Crippen molar-refractivity contribution in [2.45, 2.75) is 19.8 Å². The number of benzene rings is 1. The van der Waals surface area contributed by atoms with Crippen LogP contribution in [0.3, 0.4) is 0 Å². The number of hydrogen-bond acceptors (Lipinski definition) is 6. The largest absolute Gasteiger partial charge is 0.370 e. The van der Waals surface area contributed by atoms with Gasteiger partial charge in [-0.15, -0.1) is 0 Å². The van der Waals surface area contributed by atoms with Gasteiger partial charge in [0.05, 0.1) is 28.1 Å². The number of fused-ring (bicyclic) bond motifs is 1. The van der Waals surface area contributed by atoms with Gasteiger partial charge >= 0.3 is 0 Å². The smallest absolute Gasteiger partial charge is 0.259 e. The number of aromatic nitrogens is 3. The second-order valence-corrected chi connectivity index (χ2v) is 7.24. The third kappa shape index (κ3) is 3.35. The van der Waals surface area contributed by atoms with E-state index in [4.69, 9.17) is 0 Å². The molecule has 1 fully saturated rings. The number of aryl methyl sites for hydroxylation is 1. The van der Waals surface area contributed by atoms with Crippen molar-refractivity contribution in [2.24, 2.45) is 0 Å². The molecule has 7 nitrogen and oxygen atoms in total. The molecule has 1 saturated heterocycles. The summed E-state index contributed by atoms with van der Waals surface area (Å²) in [7, 11) is 3.74. The van der Waals surface area contributed by atoms with Crippen LogP contribution in [-0.2, 0) is 0 Å². The summed E-state index contributed by atoms with van der Waals surface area (Å²) in [4.78, 5) is 30.3. The fourth-order valence-electron chi connectivity index (χ4n) is 3.56. The molecule has 0 aliphatic carbocycles. The van der Waals surface area contributed by atoms with Crippen molar-refractivity contribution in [3.8, 4) is 0 Å². The molecule has 3 heterocycles. The van der Waals surface area contributed by atoms with Crippen molar-refractivity contribution < 1.29 is 4.79 Å². The minimum atomic E-state index is -0.220. The molecular weight excluding hydrogens is 352 g/mol. The van der Waals surface area contributed by atoms with Gasteiger partial charge in [0.1, 0.15) is 0 Å². The first kappa shape index (κ1) is 18.2. The molecule has 144 valence electrons. The number of anilines is 3. The molecule has 7 heteroatoms. The Balaban J connectivity index is 1.67. The summed E-state index contributed by atoms with van der Waals surface area (Å²) in [5, 5.41) is 3.95. The van der Waals surface area contributed by atoms with E-state index in [1.165, 1.54) is 12.8 Å². The molecule has 1 amide bonds. The van der Waals surface area contributed by atoms with Gasteiger partial charge in [-0.1, -0.05) is 0 Å². The fraction of sp³-hybridized carbons (Fsp3) is 0.333. The van der Waals surface area contributed by atoms with E-state index in [9.17, 15) is 4.79 Å². The molecule has 4 rings (SSSR count). The maximum absolute atomic E-state index is 12.9. The first-order valence-corrected chi connectivity index (χ1v) is 9.49. The molecule has 1 aliphatic heterocycles. The number of carbonyl (C=O) groups is 1. The summed E-state index contributed by atoms with van der Waals surface area (Å²) in [5.41, 5.74) is 3.89. The van der Waals surface area contributed by atoms with Gasteiger partial charge in [-0.25, -0.2) is 9.97 Å². The lowest BCUT2D eigenvalue weighted by Gasteiger charge is -2.20. The van der Waals surface area contributed by atoms with Gasteiger partial charge < -0.3 is 15.1 Å². The van der Waals surface area contributed by atoms with Gasteiger partial charge in [-0.2, -0.15) is 0 Å². The van der Waals surface area contributed by atoms with Gasteiger partial charge in [0.2, 0.25) is 5.95 Å². The van der Waals surface area contributed by atoms with Crippen LogP contribution in [0.25, 0.3) is 10.9 Å². The van der Waals surface area contributed by atoms with Crippen LogP contribution < -0.4 is 15.1 Å². The summed E-state index contributed by atoms with van der Waals surface area (Å²) < 4.78 is 0. The Bertz CT molecular complexity index is 1030. The Kier molecular flexibility index (Phi) is 4.81. The lowest BCUT2D eigenvalue weighted by Crippen LogP contribution is -2.19. The number of nitrogens with one attached hydrogen (secondary N) is 1. The minimum Gasteiger partial charge on any atom is -0.370 e. The monoisotopic (exact) mass is 376 g/mol. The van der Waals surface area contributed by atoms with Crippen molar-refractivity contribution in [3.63, 3.8) is 0 Å². The molecule has 1 N–H and O–H groups in total. The van der Waals surface area contributed by atoms with Crippen LogP contribution in [-0.4, -0.2) is 48.0 Å². The highest BCUT2D eigenvalue weighted by atomic mass is 16.1. The Morgan fingerprint density at radius 1 is 1.14 bits per heavy atom. The molecule has 2 aromatic heterocycles. The van der Waals surface area contributed by atoms with Gasteiger partial charge in [-0.3, -0.25) is 9.78 Å². The molecule has 1 aliphatic rings. The SMILES string of the molecule is Cc1nc(N(C)C)ncc1C(=O)Nc1ccc(N2CCCC2)c2ncccc12. The van der Waals surface area contributed by atoms with Crippen molar-refractivity contribution in [1.82, 2.24) is 15.0 Å². The van der Waals surface area contributed by atoms with Crippen LogP contribution in [0.15, 0.2) is 36.7 Å². The van der Waals surface area contributed by atoms with Crippen molar-refractivity contribution in [2.75, 3.05) is 42.3 Å². The van der Waals surface area contributed by atoms with Gasteiger partial charge in [0.15, 0.2) is 0 Å². The van der Waals surface area contributed by atoms with Gasteiger partial charge in [0, 0.05) is 45.0 Å². The molecular formula is C21H24N6O. The maximum atomic E-state index is 12.9. The number of amides is 1. The number of hydrogen-bond donors (Lipinski definition) is 1. The van der Waals surface area contributed by atoms with E-state index in [2.05, 4.69) is 31.2 Å². The summed E-state index contributed by atoms with van der Waals surface area (Å²) >= 11 is 0. The summed E-state index contributed by atoms with van der Waals surface area (Å²) in [6.07, 6.45) is 5.78. The summed E-state index contributed by atoms with van der Waals surface area (Å²) in [6.45, 7) is 3.91. The second-order valence-electron chi connectivity index (χ2n) is 7.24. The van der Waals surface area contributed by atoms with Crippen LogP contribution in [0, 0.1) is 6.92 Å². The van der Waals surface area contributed by atoms with Gasteiger partial charge in [0.25, 0.3) is 5.91 Å². The van der Waals surface area contributed by atoms with E-state index in [0.717, 1.165) is 35.4 Å². The molecule has 0 bridgehead atoms. The average molecular weight is 376 g/mol. The predicted octanol–water partition coefficient (Wildman–Crippen LogP) is 3.25. The number of rotatable bonds is 4. The van der Waals surface area contributed by atoms with Gasteiger partial charge in [-0.05, 0) is 44.0 Å². The van der Waals surface area contributed by atoms with Crippen LogP contribution in [0.1, 0.15) is 28.9 Å². The highest BCUT2D eigenvalue weighted by Gasteiger charge is 2.19. The van der Waals surface area contributed by atoms with Crippen LogP contribution in [0.4, 0.5) is 17.3 Å². The van der Waals surface area contributed by atoms with E-state index in [-0.39, 0.29) is 5.91 Å². The van der Waals surface area contributed by atoms with E-state index >= 15 is 0 Å². The van der Waals surface area contributed by atoms with Crippen LogP contribution in [0.2, 0.25) is 0 Å². The predicted molar refractivity (Wildman–Crippen MR) is 112 cm³/mol. The molecule has 0 unspecified atom stereocenters. The Morgan fingerprint density at radius 3 is 2.64 bits per heavy atom. The van der Waals surface area contributed by atoms with Crippen LogP contribution >= 0.6 is 0 Å². The number of nitrogens with zero attached hydrogens (tertiary/aromatic N) is 5. The molecule has 0 radical (unpaired) electrons. The standard InChI is InChI=1S/C21H24N6O/c1-14-16(13-23-21(24-14)26(2)3)20(28)25-17-8-9-18(27-11-4-5-12-27)19-15(17)7-6-10-22-19/h6-10,13H,4-5,11-12H2,1-3H3,(H,25,28). The minimum absolute atomic E-state index is 0.220. The Labute approximate surface area is 164 Å². The van der Waals surface area contributed by atoms with E-state index in [1.807, 2.05) is 44.1 Å². The van der Waals surface area contributed by atoms with E-state index < -0.39 is 0 Å². The molecule has 0 atom stereocenters. The lowest BCUT2D eigenvalue weighted by atomic mass is 10.1. The van der Waals surface area contributed by atoms with E-state index in [1.54, 1.807) is 12.4 Å². The third-order valence-corrected chi connectivity index (χ3v) is 5.05. The fourth-order valence-corrected chi connectivity index (χ4v) is 3.56. The Hall–Kier alpha value is -3.22. The maximum Gasteiger partial charge on any atom is 0.259 e. The zero-order valence-corrected chi connectivity index (χ0v) is 16.4. The third-order valence-electron chi connectivity index (χ3n) is 5.05. The Morgan fingerprint density at radius 2 is 1.93 bits per heavy atom. The first-order chi connectivity index (χ1) is 13.5. The summed E-state index contributed by atoms with van der Waals surface area (Å²) in [6, 6.07) is 7.90. The molecule has 1 aromatic carbocycles. The zero-order chi connectivity index (χ0) is 19.7. The second kappa shape index (κ2) is 7.42. The highest BCUT2D eigenvalue weighted by molar-refractivity contribution is 6.10. The van der Waals surface area contributed by atoms with Crippen molar-refractivity contribution in [1.29, 1.82) is 0 Å². The molecule has 28 heavy (non-hydrogen) atoms. The highest BCUT2D eigenvalue weighted by Crippen LogP contribution is 2.32. The number of carbonyl (C=O) groups excluding carboxylic acids is 1. The molecule has 0 spiro atoms. The summed E-state index contributed by atoms with van der Waals surface area (Å²) in [5.74, 6) is 0.362. The number of pyridine rings is 1. The van der Waals surface area contributed by atoms with Crippen molar-refractivity contribution >= 4 is 34.1 Å². The topological polar surface area (TPSA) is 74.2 Å². The van der Waals surface area contributed by atoms with Crippen LogP contribution in [0.5, 0.6) is 0 Å². The normalized spacial score (nSPS) is 13.8.